The van der Waals surface area contributed by atoms with Crippen LogP contribution in [0.15, 0.2) is 42.6 Å². The number of aromatic nitrogens is 1. The molecule has 0 fully saturated rings. The molecular formula is C16H17N3O. The average molecular weight is 267 g/mol. The third-order valence-electron chi connectivity index (χ3n) is 3.01. The number of nitrogens with zero attached hydrogens (tertiary/aromatic N) is 2. The van der Waals surface area contributed by atoms with Crippen LogP contribution in [0.4, 0.5) is 5.82 Å². The molecule has 2 aromatic rings. The quantitative estimate of drug-likeness (QED) is 0.904. The van der Waals surface area contributed by atoms with Gasteiger partial charge in [0, 0.05) is 12.2 Å². The molecule has 4 nitrogen and oxygen atoms in total. The molecule has 0 aliphatic rings. The first-order valence-corrected chi connectivity index (χ1v) is 6.47. The predicted molar refractivity (Wildman–Crippen MR) is 78.7 cm³/mol. The molecule has 1 heterocycles. The van der Waals surface area contributed by atoms with Crippen molar-refractivity contribution in [3.63, 3.8) is 0 Å². The van der Waals surface area contributed by atoms with Crippen LogP contribution in [0.5, 0.6) is 5.75 Å². The van der Waals surface area contributed by atoms with Crippen molar-refractivity contribution < 1.29 is 4.74 Å². The van der Waals surface area contributed by atoms with Gasteiger partial charge in [-0.1, -0.05) is 18.2 Å². The number of pyridine rings is 1. The Morgan fingerprint density at radius 3 is 2.75 bits per heavy atom. The second kappa shape index (κ2) is 6.58. The average Bonchev–Trinajstić information content (AvgIpc) is 2.48. The molecule has 0 saturated heterocycles. The number of benzene rings is 1. The Morgan fingerprint density at radius 2 is 2.10 bits per heavy atom. The fourth-order valence-electron chi connectivity index (χ4n) is 2.05. The summed E-state index contributed by atoms with van der Waals surface area (Å²) in [7, 11) is 1.68. The first kappa shape index (κ1) is 13.9. The number of rotatable bonds is 5. The number of anilines is 1. The van der Waals surface area contributed by atoms with Crippen LogP contribution in [0.3, 0.4) is 0 Å². The standard InChI is InChI=1S/C16H17N3O/c1-12(9-14-5-3-4-6-15(14)20-2)19-16-8-7-13(10-17)11-18-16/h3-8,11-12H,9H2,1-2H3,(H,18,19). The highest BCUT2D eigenvalue weighted by atomic mass is 16.5. The van der Waals surface area contributed by atoms with E-state index in [0.717, 1.165) is 23.6 Å². The van der Waals surface area contributed by atoms with Crippen molar-refractivity contribution >= 4 is 5.82 Å². The molecule has 1 aromatic heterocycles. The van der Waals surface area contributed by atoms with Crippen molar-refractivity contribution in [3.05, 3.63) is 53.7 Å². The summed E-state index contributed by atoms with van der Waals surface area (Å²) in [5.74, 6) is 1.67. The number of hydrogen-bond donors (Lipinski definition) is 1. The number of para-hydroxylation sites is 1. The van der Waals surface area contributed by atoms with Gasteiger partial charge < -0.3 is 10.1 Å². The van der Waals surface area contributed by atoms with Gasteiger partial charge in [0.05, 0.1) is 12.7 Å². The van der Waals surface area contributed by atoms with Gasteiger partial charge in [-0.05, 0) is 37.1 Å². The summed E-state index contributed by atoms with van der Waals surface area (Å²) in [4.78, 5) is 4.21. The molecule has 1 atom stereocenters. The summed E-state index contributed by atoms with van der Waals surface area (Å²) in [6, 6.07) is 13.8. The largest absolute Gasteiger partial charge is 0.496 e. The molecule has 0 aliphatic heterocycles. The molecule has 1 aromatic carbocycles. The third-order valence-corrected chi connectivity index (χ3v) is 3.01. The maximum Gasteiger partial charge on any atom is 0.126 e. The minimum absolute atomic E-state index is 0.215. The lowest BCUT2D eigenvalue weighted by atomic mass is 10.1. The van der Waals surface area contributed by atoms with Gasteiger partial charge in [-0.25, -0.2) is 4.98 Å². The molecule has 20 heavy (non-hydrogen) atoms. The van der Waals surface area contributed by atoms with Crippen molar-refractivity contribution in [3.8, 4) is 11.8 Å². The molecule has 102 valence electrons. The monoisotopic (exact) mass is 267 g/mol. The van der Waals surface area contributed by atoms with Gasteiger partial charge in [-0.15, -0.1) is 0 Å². The van der Waals surface area contributed by atoms with Crippen molar-refractivity contribution in [2.45, 2.75) is 19.4 Å². The smallest absolute Gasteiger partial charge is 0.126 e. The Bertz CT molecular complexity index is 602. The van der Waals surface area contributed by atoms with Gasteiger partial charge in [0.2, 0.25) is 0 Å². The first-order valence-electron chi connectivity index (χ1n) is 6.47. The lowest BCUT2D eigenvalue weighted by Crippen LogP contribution is -2.19. The van der Waals surface area contributed by atoms with Crippen molar-refractivity contribution in [1.29, 1.82) is 5.26 Å². The maximum absolute atomic E-state index is 8.74. The molecule has 1 unspecified atom stereocenters. The molecule has 0 amide bonds. The van der Waals surface area contributed by atoms with E-state index in [1.54, 1.807) is 19.4 Å². The SMILES string of the molecule is COc1ccccc1CC(C)Nc1ccc(C#N)cn1. The Morgan fingerprint density at radius 1 is 1.30 bits per heavy atom. The molecular weight excluding hydrogens is 250 g/mol. The van der Waals surface area contributed by atoms with Gasteiger partial charge in [0.15, 0.2) is 0 Å². The molecule has 0 aliphatic carbocycles. The van der Waals surface area contributed by atoms with E-state index in [1.165, 1.54) is 0 Å². The van der Waals surface area contributed by atoms with E-state index < -0.39 is 0 Å². The second-order valence-corrected chi connectivity index (χ2v) is 4.61. The second-order valence-electron chi connectivity index (χ2n) is 4.61. The van der Waals surface area contributed by atoms with E-state index in [9.17, 15) is 0 Å². The van der Waals surface area contributed by atoms with E-state index in [0.29, 0.717) is 5.56 Å². The normalized spacial score (nSPS) is 11.4. The Hall–Kier alpha value is -2.54. The maximum atomic E-state index is 8.74. The number of nitrogens with one attached hydrogen (secondary N) is 1. The highest BCUT2D eigenvalue weighted by Crippen LogP contribution is 2.19. The van der Waals surface area contributed by atoms with E-state index in [1.807, 2.05) is 24.3 Å². The van der Waals surface area contributed by atoms with Crippen LogP contribution in [-0.4, -0.2) is 18.1 Å². The minimum atomic E-state index is 0.215. The van der Waals surface area contributed by atoms with Crippen molar-refractivity contribution in [1.82, 2.24) is 4.98 Å². The van der Waals surface area contributed by atoms with Crippen LogP contribution >= 0.6 is 0 Å². The predicted octanol–water partition coefficient (Wildman–Crippen LogP) is 3.00. The third kappa shape index (κ3) is 3.48. The van der Waals surface area contributed by atoms with E-state index >= 15 is 0 Å². The van der Waals surface area contributed by atoms with Crippen molar-refractivity contribution in [2.24, 2.45) is 0 Å². The summed E-state index contributed by atoms with van der Waals surface area (Å²) in [5, 5.41) is 12.1. The molecule has 1 N–H and O–H groups in total. The summed E-state index contributed by atoms with van der Waals surface area (Å²) in [5.41, 5.74) is 1.72. The zero-order valence-electron chi connectivity index (χ0n) is 11.6. The summed E-state index contributed by atoms with van der Waals surface area (Å²) in [6.45, 7) is 2.09. The van der Waals surface area contributed by atoms with Crippen molar-refractivity contribution in [2.75, 3.05) is 12.4 Å². The lowest BCUT2D eigenvalue weighted by Gasteiger charge is -2.16. The summed E-state index contributed by atoms with van der Waals surface area (Å²) in [6.07, 6.45) is 2.41. The zero-order chi connectivity index (χ0) is 14.4. The Balaban J connectivity index is 2.01. The first-order chi connectivity index (χ1) is 9.72. The molecule has 0 bridgehead atoms. The van der Waals surface area contributed by atoms with E-state index in [2.05, 4.69) is 29.4 Å². The molecule has 4 heteroatoms. The van der Waals surface area contributed by atoms with Gasteiger partial charge in [0.25, 0.3) is 0 Å². The number of ether oxygens (including phenoxy) is 1. The van der Waals surface area contributed by atoms with E-state index in [4.69, 9.17) is 10.00 Å². The highest BCUT2D eigenvalue weighted by Gasteiger charge is 2.08. The van der Waals surface area contributed by atoms with Crippen LogP contribution in [0.2, 0.25) is 0 Å². The fraction of sp³-hybridized carbons (Fsp3) is 0.250. The molecule has 0 saturated carbocycles. The van der Waals surface area contributed by atoms with Crippen LogP contribution in [-0.2, 0) is 6.42 Å². The van der Waals surface area contributed by atoms with E-state index in [-0.39, 0.29) is 6.04 Å². The number of methoxy groups -OCH3 is 1. The Kier molecular flexibility index (Phi) is 4.56. The lowest BCUT2D eigenvalue weighted by molar-refractivity contribution is 0.409. The van der Waals surface area contributed by atoms with Gasteiger partial charge in [-0.2, -0.15) is 5.26 Å². The van der Waals surface area contributed by atoms with Gasteiger partial charge in [-0.3, -0.25) is 0 Å². The van der Waals surface area contributed by atoms with Crippen LogP contribution < -0.4 is 10.1 Å². The number of nitriles is 1. The van der Waals surface area contributed by atoms with Crippen LogP contribution in [0.25, 0.3) is 0 Å². The topological polar surface area (TPSA) is 57.9 Å². The van der Waals surface area contributed by atoms with Gasteiger partial charge in [0.1, 0.15) is 17.6 Å². The number of hydrogen-bond acceptors (Lipinski definition) is 4. The van der Waals surface area contributed by atoms with Gasteiger partial charge >= 0.3 is 0 Å². The molecule has 0 radical (unpaired) electrons. The summed E-state index contributed by atoms with van der Waals surface area (Å²) < 4.78 is 5.35. The molecule has 2 rings (SSSR count). The highest BCUT2D eigenvalue weighted by molar-refractivity contribution is 5.41. The summed E-state index contributed by atoms with van der Waals surface area (Å²) >= 11 is 0. The fourth-order valence-corrected chi connectivity index (χ4v) is 2.05. The zero-order valence-corrected chi connectivity index (χ0v) is 11.6. The Labute approximate surface area is 119 Å². The molecule has 0 spiro atoms. The van der Waals surface area contributed by atoms with Crippen LogP contribution in [0, 0.1) is 11.3 Å². The minimum Gasteiger partial charge on any atom is -0.496 e. The van der Waals surface area contributed by atoms with Crippen LogP contribution in [0.1, 0.15) is 18.1 Å².